The summed E-state index contributed by atoms with van der Waals surface area (Å²) in [5.74, 6) is -3.92. The summed E-state index contributed by atoms with van der Waals surface area (Å²) in [6.07, 6.45) is 0. The molecule has 0 aliphatic rings. The van der Waals surface area contributed by atoms with E-state index in [9.17, 15) is 22.0 Å². The van der Waals surface area contributed by atoms with Gasteiger partial charge in [-0.1, -0.05) is 15.9 Å². The van der Waals surface area contributed by atoms with E-state index in [2.05, 4.69) is 15.9 Å². The largest absolute Gasteiger partial charge is 0.480 e. The van der Waals surface area contributed by atoms with E-state index in [0.29, 0.717) is 0 Å². The monoisotopic (exact) mass is 343 g/mol. The minimum atomic E-state index is -4.42. The van der Waals surface area contributed by atoms with E-state index < -0.39 is 38.6 Å². The molecule has 1 atom stereocenters. The molecule has 0 radical (unpaired) electrons. The molecule has 0 saturated carbocycles. The molecule has 0 bridgehead atoms. The molecule has 1 aromatic rings. The number of hydrogen-bond acceptors (Lipinski definition) is 3. The van der Waals surface area contributed by atoms with Crippen LogP contribution in [0.15, 0.2) is 16.6 Å². The van der Waals surface area contributed by atoms with E-state index in [1.54, 1.807) is 4.72 Å². The van der Waals surface area contributed by atoms with Crippen LogP contribution in [0.1, 0.15) is 6.92 Å². The van der Waals surface area contributed by atoms with Gasteiger partial charge in [0.2, 0.25) is 10.0 Å². The zero-order chi connectivity index (χ0) is 14.1. The van der Waals surface area contributed by atoms with E-state index in [1.165, 1.54) is 0 Å². The molecular weight excluding hydrogens is 336 g/mol. The van der Waals surface area contributed by atoms with Gasteiger partial charge in [0, 0.05) is 4.47 Å². The van der Waals surface area contributed by atoms with Crippen LogP contribution in [0.3, 0.4) is 0 Å². The minimum absolute atomic E-state index is 0.0896. The van der Waals surface area contributed by atoms with Gasteiger partial charge in [-0.25, -0.2) is 17.2 Å². The Bertz CT molecular complexity index is 567. The van der Waals surface area contributed by atoms with Crippen molar-refractivity contribution in [3.63, 3.8) is 0 Å². The smallest absolute Gasteiger partial charge is 0.323 e. The first-order chi connectivity index (χ1) is 8.15. The lowest BCUT2D eigenvalue weighted by atomic mass is 10.3. The number of benzene rings is 1. The van der Waals surface area contributed by atoms with E-state index >= 15 is 0 Å². The molecule has 0 spiro atoms. The molecule has 0 aromatic heterocycles. The molecule has 0 amide bonds. The Hall–Kier alpha value is -1.22. The topological polar surface area (TPSA) is 83.5 Å². The molecule has 18 heavy (non-hydrogen) atoms. The van der Waals surface area contributed by atoms with Crippen LogP contribution in [0.5, 0.6) is 0 Å². The number of sulfonamides is 1. The lowest BCUT2D eigenvalue weighted by Crippen LogP contribution is -2.32. The summed E-state index contributed by atoms with van der Waals surface area (Å²) in [6.45, 7) is 0.888. The van der Waals surface area contributed by atoms with Crippen LogP contribution < -0.4 is 4.72 Å². The highest BCUT2D eigenvalue weighted by atomic mass is 79.9. The lowest BCUT2D eigenvalue weighted by molar-refractivity contribution is -0.136. The molecule has 0 saturated heterocycles. The van der Waals surface area contributed by atoms with Gasteiger partial charge in [0.15, 0.2) is 16.9 Å². The molecule has 1 unspecified atom stereocenters. The maximum Gasteiger partial charge on any atom is 0.323 e. The highest BCUT2D eigenvalue weighted by Gasteiger charge is 2.29. The Morgan fingerprint density at radius 1 is 1.39 bits per heavy atom. The van der Waals surface area contributed by atoms with Crippen LogP contribution in [0.4, 0.5) is 14.5 Å². The fourth-order valence-electron chi connectivity index (χ4n) is 1.00. The van der Waals surface area contributed by atoms with Gasteiger partial charge in [-0.2, -0.15) is 0 Å². The summed E-state index contributed by atoms with van der Waals surface area (Å²) in [4.78, 5) is 10.5. The van der Waals surface area contributed by atoms with Gasteiger partial charge >= 0.3 is 5.97 Å². The second kappa shape index (κ2) is 5.19. The van der Waals surface area contributed by atoms with Crippen molar-refractivity contribution >= 4 is 37.6 Å². The van der Waals surface area contributed by atoms with Crippen LogP contribution in [0.25, 0.3) is 0 Å². The minimum Gasteiger partial charge on any atom is -0.480 e. The van der Waals surface area contributed by atoms with E-state index in [-0.39, 0.29) is 4.47 Å². The van der Waals surface area contributed by atoms with Gasteiger partial charge in [-0.05, 0) is 19.1 Å². The molecule has 0 fully saturated rings. The number of carbonyl (C=O) groups is 1. The van der Waals surface area contributed by atoms with E-state index in [0.717, 1.165) is 19.1 Å². The first kappa shape index (κ1) is 14.8. The second-order valence-corrected chi connectivity index (χ2v) is 6.29. The molecule has 0 aliphatic carbocycles. The summed E-state index contributed by atoms with van der Waals surface area (Å²) in [5, 5.41) is 6.73. The standard InChI is InChI=1S/C9H8BrF2NO4S/c1-4(9(14)15)18(16,17)13-8-6(11)2-5(10)3-7(8)12/h2-4,13H,1H3,(H,14,15). The van der Waals surface area contributed by atoms with Crippen molar-refractivity contribution in [1.82, 2.24) is 0 Å². The van der Waals surface area contributed by atoms with Crippen LogP contribution >= 0.6 is 15.9 Å². The molecule has 0 aliphatic heterocycles. The van der Waals surface area contributed by atoms with Gasteiger partial charge in [0.05, 0.1) is 0 Å². The molecule has 1 aromatic carbocycles. The SMILES string of the molecule is CC(C(=O)O)S(=O)(=O)Nc1c(F)cc(Br)cc1F. The third-order valence-electron chi connectivity index (χ3n) is 2.06. The zero-order valence-corrected chi connectivity index (χ0v) is 11.3. The third-order valence-corrected chi connectivity index (χ3v) is 4.14. The normalized spacial score (nSPS) is 13.1. The maximum atomic E-state index is 13.4. The van der Waals surface area contributed by atoms with Crippen molar-refractivity contribution in [3.8, 4) is 0 Å². The fraction of sp³-hybridized carbons (Fsp3) is 0.222. The van der Waals surface area contributed by atoms with Crippen LogP contribution in [-0.4, -0.2) is 24.7 Å². The number of anilines is 1. The summed E-state index contributed by atoms with van der Waals surface area (Å²) in [6, 6.07) is 1.71. The van der Waals surface area contributed by atoms with Gasteiger partial charge in [-0.3, -0.25) is 9.52 Å². The summed E-state index contributed by atoms with van der Waals surface area (Å²) >= 11 is 2.83. The number of carboxylic acid groups (broad SMARTS) is 1. The van der Waals surface area contributed by atoms with Crippen LogP contribution in [0, 0.1) is 11.6 Å². The van der Waals surface area contributed by atoms with Gasteiger partial charge in [0.25, 0.3) is 0 Å². The van der Waals surface area contributed by atoms with Gasteiger partial charge in [-0.15, -0.1) is 0 Å². The summed E-state index contributed by atoms with van der Waals surface area (Å²) in [5.41, 5.74) is -0.911. The number of halogens is 3. The molecular formula is C9H8BrF2NO4S. The van der Waals surface area contributed by atoms with Crippen molar-refractivity contribution < 1.29 is 27.1 Å². The maximum absolute atomic E-state index is 13.4. The predicted molar refractivity (Wildman–Crippen MR) is 63.7 cm³/mol. The Labute approximate surface area is 110 Å². The fourth-order valence-corrected chi connectivity index (χ4v) is 2.33. The lowest BCUT2D eigenvalue weighted by Gasteiger charge is -2.12. The van der Waals surface area contributed by atoms with Crippen molar-refractivity contribution in [2.75, 3.05) is 4.72 Å². The average molecular weight is 344 g/mol. The number of aliphatic carboxylic acids is 1. The molecule has 5 nitrogen and oxygen atoms in total. The molecule has 9 heteroatoms. The summed E-state index contributed by atoms with van der Waals surface area (Å²) < 4.78 is 51.4. The van der Waals surface area contributed by atoms with E-state index in [1.807, 2.05) is 0 Å². The molecule has 2 N–H and O–H groups in total. The van der Waals surface area contributed by atoms with Gasteiger partial charge in [0.1, 0.15) is 5.69 Å². The molecule has 0 heterocycles. The predicted octanol–water partition coefficient (Wildman–Crippen LogP) is 1.94. The van der Waals surface area contributed by atoms with Crippen molar-refractivity contribution in [2.45, 2.75) is 12.2 Å². The van der Waals surface area contributed by atoms with Crippen molar-refractivity contribution in [2.24, 2.45) is 0 Å². The molecule has 1 rings (SSSR count). The van der Waals surface area contributed by atoms with E-state index in [4.69, 9.17) is 5.11 Å². The van der Waals surface area contributed by atoms with Crippen molar-refractivity contribution in [3.05, 3.63) is 28.2 Å². The number of nitrogens with one attached hydrogen (secondary N) is 1. The van der Waals surface area contributed by atoms with Gasteiger partial charge < -0.3 is 5.11 Å². The Morgan fingerprint density at radius 3 is 2.22 bits per heavy atom. The zero-order valence-electron chi connectivity index (χ0n) is 8.95. The number of hydrogen-bond donors (Lipinski definition) is 2. The average Bonchev–Trinajstić information content (AvgIpc) is 2.22. The first-order valence-electron chi connectivity index (χ1n) is 4.54. The Kier molecular flexibility index (Phi) is 4.28. The second-order valence-electron chi connectivity index (χ2n) is 3.37. The first-order valence-corrected chi connectivity index (χ1v) is 6.88. The van der Waals surface area contributed by atoms with Crippen LogP contribution in [0.2, 0.25) is 0 Å². The molecule has 100 valence electrons. The third kappa shape index (κ3) is 3.16. The highest BCUT2D eigenvalue weighted by Crippen LogP contribution is 2.25. The number of rotatable bonds is 4. The highest BCUT2D eigenvalue weighted by molar-refractivity contribution is 9.10. The Balaban J connectivity index is 3.17. The number of carboxylic acids is 1. The van der Waals surface area contributed by atoms with Crippen LogP contribution in [-0.2, 0) is 14.8 Å². The summed E-state index contributed by atoms with van der Waals surface area (Å²) in [7, 11) is -4.42. The quantitative estimate of drug-likeness (QED) is 0.875. The Morgan fingerprint density at radius 2 is 1.83 bits per heavy atom. The van der Waals surface area contributed by atoms with Crippen molar-refractivity contribution in [1.29, 1.82) is 0 Å².